The van der Waals surface area contributed by atoms with Crippen molar-refractivity contribution in [2.75, 3.05) is 6.26 Å². The fraction of sp³-hybridized carbons (Fsp3) is 0.111. The van der Waals surface area contributed by atoms with Gasteiger partial charge in [0.05, 0.1) is 4.70 Å². The third-order valence-corrected chi connectivity index (χ3v) is 4.65. The topological polar surface area (TPSA) is 20.2 Å². The molecule has 0 bridgehead atoms. The van der Waals surface area contributed by atoms with E-state index in [0.29, 0.717) is 5.75 Å². The fourth-order valence-corrected chi connectivity index (χ4v) is 4.20. The molecule has 0 radical (unpaired) electrons. The Morgan fingerprint density at radius 2 is 2.23 bits per heavy atom. The van der Waals surface area contributed by atoms with Crippen LogP contribution in [0.5, 0.6) is 5.75 Å². The van der Waals surface area contributed by atoms with Crippen molar-refractivity contribution in [2.24, 2.45) is 0 Å². The van der Waals surface area contributed by atoms with E-state index in [-0.39, 0.29) is 0 Å². The first-order valence-corrected chi connectivity index (χ1v) is 6.85. The first-order valence-electron chi connectivity index (χ1n) is 3.66. The van der Waals surface area contributed by atoms with Crippen LogP contribution in [0.4, 0.5) is 0 Å². The molecule has 0 saturated carbocycles. The van der Waals surface area contributed by atoms with Gasteiger partial charge in [-0.25, -0.2) is 0 Å². The molecule has 4 heteroatoms. The van der Waals surface area contributed by atoms with Gasteiger partial charge in [0, 0.05) is 19.2 Å². The Balaban J connectivity index is 2.87. The van der Waals surface area contributed by atoms with Crippen LogP contribution in [-0.4, -0.2) is 11.4 Å². The van der Waals surface area contributed by atoms with Crippen molar-refractivity contribution in [3.8, 4) is 5.75 Å². The van der Waals surface area contributed by atoms with E-state index in [1.807, 2.05) is 6.07 Å². The van der Waals surface area contributed by atoms with E-state index in [1.165, 1.54) is 13.9 Å². The number of fused-ring (bicyclic) bond motifs is 1. The summed E-state index contributed by atoms with van der Waals surface area (Å²) in [5.41, 5.74) is 0. The van der Waals surface area contributed by atoms with Crippen LogP contribution in [0.15, 0.2) is 22.4 Å². The number of aromatic hydroxyl groups is 1. The number of halogens is 1. The third-order valence-electron chi connectivity index (χ3n) is 1.84. The van der Waals surface area contributed by atoms with E-state index in [1.54, 1.807) is 29.2 Å². The van der Waals surface area contributed by atoms with Crippen molar-refractivity contribution in [1.29, 1.82) is 0 Å². The van der Waals surface area contributed by atoms with E-state index >= 15 is 0 Å². The molecular weight excluding hydrogens is 315 g/mol. The van der Waals surface area contributed by atoms with Gasteiger partial charge in [-0.15, -0.1) is 23.1 Å². The lowest BCUT2D eigenvalue weighted by atomic mass is 10.2. The van der Waals surface area contributed by atoms with Crippen LogP contribution in [0.1, 0.15) is 0 Å². The normalized spacial score (nSPS) is 10.9. The number of hydrogen-bond donors (Lipinski definition) is 1. The maximum absolute atomic E-state index is 9.60. The largest absolute Gasteiger partial charge is 0.506 e. The number of hydrogen-bond acceptors (Lipinski definition) is 3. The first-order chi connectivity index (χ1) is 6.24. The van der Waals surface area contributed by atoms with Gasteiger partial charge in [0.25, 0.3) is 0 Å². The van der Waals surface area contributed by atoms with Gasteiger partial charge in [-0.2, -0.15) is 0 Å². The minimum atomic E-state index is 0.390. The second kappa shape index (κ2) is 3.67. The average molecular weight is 322 g/mol. The quantitative estimate of drug-likeness (QED) is 0.634. The molecule has 1 N–H and O–H groups in total. The SMILES string of the molecule is CSc1csc2c(O)ccc(I)c12. The third kappa shape index (κ3) is 1.55. The summed E-state index contributed by atoms with van der Waals surface area (Å²) in [6.07, 6.45) is 2.06. The molecule has 0 amide bonds. The highest BCUT2D eigenvalue weighted by atomic mass is 127. The Morgan fingerprint density at radius 1 is 1.46 bits per heavy atom. The van der Waals surface area contributed by atoms with Crippen LogP contribution in [0.2, 0.25) is 0 Å². The molecule has 2 rings (SSSR count). The van der Waals surface area contributed by atoms with Crippen LogP contribution in [0.25, 0.3) is 10.1 Å². The van der Waals surface area contributed by atoms with Gasteiger partial charge < -0.3 is 5.11 Å². The smallest absolute Gasteiger partial charge is 0.133 e. The van der Waals surface area contributed by atoms with Crippen molar-refractivity contribution in [3.63, 3.8) is 0 Å². The lowest BCUT2D eigenvalue weighted by molar-refractivity contribution is 0.482. The highest BCUT2D eigenvalue weighted by Gasteiger charge is 2.09. The molecule has 0 aliphatic carbocycles. The molecule has 0 spiro atoms. The van der Waals surface area contributed by atoms with Gasteiger partial charge in [-0.3, -0.25) is 0 Å². The van der Waals surface area contributed by atoms with Gasteiger partial charge >= 0.3 is 0 Å². The molecule has 0 fully saturated rings. The summed E-state index contributed by atoms with van der Waals surface area (Å²) in [6.45, 7) is 0. The predicted octanol–water partition coefficient (Wildman–Crippen LogP) is 3.93. The molecule has 13 heavy (non-hydrogen) atoms. The molecule has 0 atom stereocenters. The van der Waals surface area contributed by atoms with E-state index in [9.17, 15) is 5.11 Å². The summed E-state index contributed by atoms with van der Waals surface area (Å²) in [5, 5.41) is 12.9. The lowest BCUT2D eigenvalue weighted by Crippen LogP contribution is -1.74. The number of thiophene rings is 1. The minimum Gasteiger partial charge on any atom is -0.506 e. The van der Waals surface area contributed by atoms with E-state index in [2.05, 4.69) is 34.2 Å². The summed E-state index contributed by atoms with van der Waals surface area (Å²) < 4.78 is 2.20. The second-order valence-corrected chi connectivity index (χ2v) is 5.46. The van der Waals surface area contributed by atoms with Crippen LogP contribution in [-0.2, 0) is 0 Å². The standard InChI is InChI=1S/C9H7IOS2/c1-12-7-4-13-9-6(11)3-2-5(10)8(7)9/h2-4,11H,1H3. The summed E-state index contributed by atoms with van der Waals surface area (Å²) in [5.74, 6) is 0.390. The molecule has 1 nitrogen and oxygen atoms in total. The predicted molar refractivity (Wildman–Crippen MR) is 68.0 cm³/mol. The van der Waals surface area contributed by atoms with Gasteiger partial charge in [-0.05, 0) is 41.0 Å². The van der Waals surface area contributed by atoms with Crippen molar-refractivity contribution >= 4 is 55.8 Å². The highest BCUT2D eigenvalue weighted by molar-refractivity contribution is 14.1. The lowest BCUT2D eigenvalue weighted by Gasteiger charge is -1.99. The monoisotopic (exact) mass is 322 g/mol. The number of phenols is 1. The Hall–Kier alpha value is 0.0600. The average Bonchev–Trinajstić information content (AvgIpc) is 2.56. The molecule has 1 heterocycles. The Bertz CT molecular complexity index is 450. The van der Waals surface area contributed by atoms with Crippen molar-refractivity contribution in [2.45, 2.75) is 4.90 Å². The Kier molecular flexibility index (Phi) is 2.71. The summed E-state index contributed by atoms with van der Waals surface area (Å²) >= 11 is 5.63. The van der Waals surface area contributed by atoms with Crippen molar-refractivity contribution in [3.05, 3.63) is 21.1 Å². The van der Waals surface area contributed by atoms with E-state index in [4.69, 9.17) is 0 Å². The van der Waals surface area contributed by atoms with Crippen molar-refractivity contribution < 1.29 is 5.11 Å². The zero-order valence-electron chi connectivity index (χ0n) is 6.87. The Morgan fingerprint density at radius 3 is 2.92 bits per heavy atom. The van der Waals surface area contributed by atoms with Crippen molar-refractivity contribution in [1.82, 2.24) is 0 Å². The maximum atomic E-state index is 9.60. The molecule has 2 aromatic rings. The molecule has 0 unspecified atom stereocenters. The molecule has 68 valence electrons. The summed E-state index contributed by atoms with van der Waals surface area (Å²) in [4.78, 5) is 1.25. The van der Waals surface area contributed by atoms with Gasteiger partial charge in [-0.1, -0.05) is 0 Å². The van der Waals surface area contributed by atoms with E-state index < -0.39 is 0 Å². The zero-order chi connectivity index (χ0) is 9.42. The molecule has 0 aliphatic rings. The first kappa shape index (κ1) is 9.61. The van der Waals surface area contributed by atoms with Gasteiger partial charge in [0.2, 0.25) is 0 Å². The molecule has 0 aliphatic heterocycles. The molecular formula is C9H7IOS2. The van der Waals surface area contributed by atoms with E-state index in [0.717, 1.165) is 4.70 Å². The minimum absolute atomic E-state index is 0.390. The highest BCUT2D eigenvalue weighted by Crippen LogP contribution is 2.39. The number of thioether (sulfide) groups is 1. The fourth-order valence-electron chi connectivity index (χ4n) is 1.22. The second-order valence-electron chi connectivity index (χ2n) is 2.57. The summed E-state index contributed by atoms with van der Waals surface area (Å²) in [6, 6.07) is 3.70. The van der Waals surface area contributed by atoms with Crippen LogP contribution in [0.3, 0.4) is 0 Å². The van der Waals surface area contributed by atoms with Gasteiger partial charge in [0.15, 0.2) is 0 Å². The summed E-state index contributed by atoms with van der Waals surface area (Å²) in [7, 11) is 0. The number of benzene rings is 1. The maximum Gasteiger partial charge on any atom is 0.133 e. The molecule has 1 aromatic heterocycles. The molecule has 0 saturated heterocycles. The zero-order valence-corrected chi connectivity index (χ0v) is 10.7. The van der Waals surface area contributed by atoms with Gasteiger partial charge in [0.1, 0.15) is 5.75 Å². The number of phenolic OH excluding ortho intramolecular Hbond substituents is 1. The van der Waals surface area contributed by atoms with Crippen LogP contribution in [0, 0.1) is 3.57 Å². The van der Waals surface area contributed by atoms with Crippen LogP contribution < -0.4 is 0 Å². The van der Waals surface area contributed by atoms with Crippen LogP contribution >= 0.6 is 45.7 Å². The number of rotatable bonds is 1. The Labute approximate surface area is 98.3 Å². The molecule has 1 aromatic carbocycles.